The van der Waals surface area contributed by atoms with E-state index in [1.807, 2.05) is 12.1 Å². The van der Waals surface area contributed by atoms with E-state index < -0.39 is 11.8 Å². The van der Waals surface area contributed by atoms with Crippen LogP contribution in [0.15, 0.2) is 70.4 Å². The van der Waals surface area contributed by atoms with E-state index in [9.17, 15) is 14.4 Å². The summed E-state index contributed by atoms with van der Waals surface area (Å²) in [5, 5.41) is 9.26. The second kappa shape index (κ2) is 14.7. The molecule has 0 atom stereocenters. The summed E-state index contributed by atoms with van der Waals surface area (Å²) in [6, 6.07) is 15.8. The van der Waals surface area contributed by atoms with Gasteiger partial charge < -0.3 is 29.3 Å². The van der Waals surface area contributed by atoms with Gasteiger partial charge in [0.25, 0.3) is 5.91 Å². The summed E-state index contributed by atoms with van der Waals surface area (Å²) in [6.45, 7) is 0.517. The smallest absolute Gasteiger partial charge is 0.258 e. The highest BCUT2D eigenvalue weighted by Crippen LogP contribution is 2.27. The third-order valence-corrected chi connectivity index (χ3v) is 5.20. The Labute approximate surface area is 220 Å². The van der Waals surface area contributed by atoms with E-state index in [0.29, 0.717) is 41.5 Å². The number of hydrogen-bond acceptors (Lipinski definition) is 8. The standard InChI is InChI=1S/C27H30N4O7/c1-35-23-10-7-19(14-24(23)36-2)11-12-28-25(32)15-26(33)31-30-16-20-5-8-21(9-6-20)38-18-27(34)29-17-22-4-3-13-37-22/h3-10,13-14,16H,11-12,15,17-18H2,1-2H3,(H,28,32)(H,29,34)(H,31,33)/b30-16-. The molecular formula is C27H30N4O7. The minimum Gasteiger partial charge on any atom is -0.493 e. The van der Waals surface area contributed by atoms with Crippen molar-refractivity contribution in [3.8, 4) is 17.2 Å². The third kappa shape index (κ3) is 9.34. The lowest BCUT2D eigenvalue weighted by Gasteiger charge is -2.10. The number of methoxy groups -OCH3 is 2. The van der Waals surface area contributed by atoms with Crippen LogP contribution in [0.2, 0.25) is 0 Å². The molecule has 3 aromatic rings. The second-order valence-electron chi connectivity index (χ2n) is 7.97. The molecule has 11 heteroatoms. The summed E-state index contributed by atoms with van der Waals surface area (Å²) in [6.07, 6.45) is 3.20. The summed E-state index contributed by atoms with van der Waals surface area (Å²) in [5.41, 5.74) is 3.98. The fourth-order valence-electron chi connectivity index (χ4n) is 3.26. The van der Waals surface area contributed by atoms with E-state index in [1.54, 1.807) is 56.7 Å². The molecule has 3 amide bonds. The van der Waals surface area contributed by atoms with E-state index in [-0.39, 0.29) is 25.5 Å². The van der Waals surface area contributed by atoms with Crippen LogP contribution in [0.3, 0.4) is 0 Å². The van der Waals surface area contributed by atoms with Crippen molar-refractivity contribution in [2.24, 2.45) is 5.10 Å². The van der Waals surface area contributed by atoms with E-state index in [1.165, 1.54) is 12.5 Å². The van der Waals surface area contributed by atoms with Crippen molar-refractivity contribution in [3.05, 3.63) is 77.7 Å². The summed E-state index contributed by atoms with van der Waals surface area (Å²) in [4.78, 5) is 35.9. The monoisotopic (exact) mass is 522 g/mol. The highest BCUT2D eigenvalue weighted by atomic mass is 16.5. The van der Waals surface area contributed by atoms with Gasteiger partial charge in [-0.3, -0.25) is 14.4 Å². The van der Waals surface area contributed by atoms with Gasteiger partial charge in [-0.25, -0.2) is 5.43 Å². The number of ether oxygens (including phenoxy) is 3. The Bertz CT molecular complexity index is 1220. The molecule has 11 nitrogen and oxygen atoms in total. The van der Waals surface area contributed by atoms with Gasteiger partial charge in [0.2, 0.25) is 11.8 Å². The number of carbonyl (C=O) groups is 3. The van der Waals surface area contributed by atoms with Crippen LogP contribution in [-0.4, -0.2) is 51.3 Å². The zero-order chi connectivity index (χ0) is 27.2. The number of amides is 3. The molecule has 0 saturated heterocycles. The minimum atomic E-state index is -0.537. The quantitative estimate of drug-likeness (QED) is 0.167. The Morgan fingerprint density at radius 1 is 0.921 bits per heavy atom. The molecule has 0 aliphatic rings. The fraction of sp³-hybridized carbons (Fsp3) is 0.259. The third-order valence-electron chi connectivity index (χ3n) is 5.20. The molecule has 0 unspecified atom stereocenters. The first kappa shape index (κ1) is 27.8. The van der Waals surface area contributed by atoms with E-state index in [2.05, 4.69) is 21.2 Å². The van der Waals surface area contributed by atoms with Crippen molar-refractivity contribution in [1.82, 2.24) is 16.1 Å². The number of furan rings is 1. The lowest BCUT2D eigenvalue weighted by Crippen LogP contribution is -2.31. The van der Waals surface area contributed by atoms with Crippen LogP contribution >= 0.6 is 0 Å². The van der Waals surface area contributed by atoms with Gasteiger partial charge in [0, 0.05) is 6.54 Å². The first-order valence-electron chi connectivity index (χ1n) is 11.8. The number of nitrogens with zero attached hydrogens (tertiary/aromatic N) is 1. The summed E-state index contributed by atoms with van der Waals surface area (Å²) in [7, 11) is 3.12. The van der Waals surface area contributed by atoms with Crippen molar-refractivity contribution in [1.29, 1.82) is 0 Å². The van der Waals surface area contributed by atoms with E-state index in [0.717, 1.165) is 5.56 Å². The molecule has 200 valence electrons. The zero-order valence-electron chi connectivity index (χ0n) is 21.2. The van der Waals surface area contributed by atoms with Gasteiger partial charge in [-0.05, 0) is 66.1 Å². The molecule has 0 saturated carbocycles. The molecular weight excluding hydrogens is 492 g/mol. The largest absolute Gasteiger partial charge is 0.493 e. The lowest BCUT2D eigenvalue weighted by atomic mass is 10.1. The average Bonchev–Trinajstić information content (AvgIpc) is 3.45. The van der Waals surface area contributed by atoms with Gasteiger partial charge in [0.15, 0.2) is 18.1 Å². The Morgan fingerprint density at radius 2 is 1.71 bits per heavy atom. The number of rotatable bonds is 14. The van der Waals surface area contributed by atoms with Crippen molar-refractivity contribution in [2.75, 3.05) is 27.4 Å². The van der Waals surface area contributed by atoms with Crippen LogP contribution in [0.4, 0.5) is 0 Å². The molecule has 0 fully saturated rings. The summed E-state index contributed by atoms with van der Waals surface area (Å²) < 4.78 is 21.1. The molecule has 3 rings (SSSR count). The van der Waals surface area contributed by atoms with Crippen LogP contribution in [0.5, 0.6) is 17.2 Å². The maximum Gasteiger partial charge on any atom is 0.258 e. The zero-order valence-corrected chi connectivity index (χ0v) is 21.2. The average molecular weight is 523 g/mol. The molecule has 1 aromatic heterocycles. The molecule has 0 spiro atoms. The van der Waals surface area contributed by atoms with Gasteiger partial charge in [-0.15, -0.1) is 0 Å². The van der Waals surface area contributed by atoms with E-state index in [4.69, 9.17) is 18.6 Å². The minimum absolute atomic E-state index is 0.138. The van der Waals surface area contributed by atoms with Crippen LogP contribution < -0.4 is 30.3 Å². The normalized spacial score (nSPS) is 10.6. The molecule has 1 heterocycles. The fourth-order valence-corrected chi connectivity index (χ4v) is 3.26. The Hall–Kier alpha value is -4.80. The Kier molecular flexibility index (Phi) is 10.7. The predicted octanol–water partition coefficient (Wildman–Crippen LogP) is 2.19. The van der Waals surface area contributed by atoms with Gasteiger partial charge in [0.05, 0.1) is 33.2 Å². The molecule has 3 N–H and O–H groups in total. The summed E-state index contributed by atoms with van der Waals surface area (Å²) >= 11 is 0. The van der Waals surface area contributed by atoms with Crippen molar-refractivity contribution in [3.63, 3.8) is 0 Å². The summed E-state index contributed by atoms with van der Waals surface area (Å²) in [5.74, 6) is 1.17. The van der Waals surface area contributed by atoms with Crippen molar-refractivity contribution < 1.29 is 33.0 Å². The molecule has 0 aliphatic heterocycles. The number of nitrogens with one attached hydrogen (secondary N) is 3. The van der Waals surface area contributed by atoms with Gasteiger partial charge in [0.1, 0.15) is 17.9 Å². The van der Waals surface area contributed by atoms with Crippen LogP contribution in [0.1, 0.15) is 23.3 Å². The molecule has 2 aromatic carbocycles. The number of carbonyl (C=O) groups excluding carboxylic acids is 3. The maximum absolute atomic E-state index is 12.0. The number of hydrogen-bond donors (Lipinski definition) is 3. The SMILES string of the molecule is COc1ccc(CCNC(=O)CC(=O)N/N=C\c2ccc(OCC(=O)NCc3ccco3)cc2)cc1OC. The van der Waals surface area contributed by atoms with Crippen molar-refractivity contribution in [2.45, 2.75) is 19.4 Å². The highest BCUT2D eigenvalue weighted by Gasteiger charge is 2.09. The molecule has 0 aliphatic carbocycles. The van der Waals surface area contributed by atoms with Gasteiger partial charge in [-0.1, -0.05) is 6.07 Å². The topological polar surface area (TPSA) is 140 Å². The first-order chi connectivity index (χ1) is 18.5. The number of benzene rings is 2. The lowest BCUT2D eigenvalue weighted by molar-refractivity contribution is -0.129. The van der Waals surface area contributed by atoms with Crippen LogP contribution in [0.25, 0.3) is 0 Å². The Morgan fingerprint density at radius 3 is 2.42 bits per heavy atom. The van der Waals surface area contributed by atoms with Crippen LogP contribution in [-0.2, 0) is 27.3 Å². The first-order valence-corrected chi connectivity index (χ1v) is 11.8. The molecule has 38 heavy (non-hydrogen) atoms. The van der Waals surface area contributed by atoms with Crippen LogP contribution in [0, 0.1) is 0 Å². The maximum atomic E-state index is 12.0. The van der Waals surface area contributed by atoms with Gasteiger partial charge in [-0.2, -0.15) is 5.10 Å². The molecule has 0 bridgehead atoms. The predicted molar refractivity (Wildman–Crippen MR) is 139 cm³/mol. The van der Waals surface area contributed by atoms with Crippen molar-refractivity contribution >= 4 is 23.9 Å². The highest BCUT2D eigenvalue weighted by molar-refractivity contribution is 5.97. The Balaban J connectivity index is 1.32. The second-order valence-corrected chi connectivity index (χ2v) is 7.97. The number of hydrazone groups is 1. The van der Waals surface area contributed by atoms with Gasteiger partial charge >= 0.3 is 0 Å². The molecule has 0 radical (unpaired) electrons. The van der Waals surface area contributed by atoms with E-state index >= 15 is 0 Å².